The molecule has 0 fully saturated rings. The van der Waals surface area contributed by atoms with Crippen molar-refractivity contribution in [2.75, 3.05) is 13.2 Å². The van der Waals surface area contributed by atoms with E-state index >= 15 is 0 Å². The number of nitrogens with zero attached hydrogens (tertiary/aromatic N) is 2. The summed E-state index contributed by atoms with van der Waals surface area (Å²) >= 11 is 4.79. The Hall–Kier alpha value is -1.86. The van der Waals surface area contributed by atoms with Gasteiger partial charge in [0.25, 0.3) is 0 Å². The number of ether oxygens (including phenoxy) is 1. The monoisotopic (exact) mass is 316 g/mol. The number of rotatable bonds is 6. The number of hydrogen-bond acceptors (Lipinski definition) is 5. The number of halogens is 3. The molecule has 0 atom stereocenters. The van der Waals surface area contributed by atoms with Crippen molar-refractivity contribution in [2.45, 2.75) is 12.3 Å². The molecular formula is C13H11ClF2N2O3. The topological polar surface area (TPSA) is 65.2 Å². The lowest BCUT2D eigenvalue weighted by Crippen LogP contribution is -2.08. The molecule has 0 amide bonds. The Balaban J connectivity index is 2.15. The molecule has 1 heterocycles. The molecule has 2 rings (SSSR count). The van der Waals surface area contributed by atoms with Gasteiger partial charge in [0.15, 0.2) is 5.78 Å². The van der Waals surface area contributed by atoms with Crippen LogP contribution in [0.1, 0.15) is 23.2 Å². The molecule has 0 radical (unpaired) electrons. The predicted molar refractivity (Wildman–Crippen MR) is 70.3 cm³/mol. The summed E-state index contributed by atoms with van der Waals surface area (Å²) in [5, 5.41) is -0.293. The van der Waals surface area contributed by atoms with Gasteiger partial charge in [-0.25, -0.2) is 0 Å². The molecule has 112 valence electrons. The lowest BCUT2D eigenvalue weighted by molar-refractivity contribution is 0.0551. The summed E-state index contributed by atoms with van der Waals surface area (Å²) in [6.07, 6.45) is 0. The number of hydrogen-bond donors (Lipinski definition) is 0. The zero-order chi connectivity index (χ0) is 15.5. The lowest BCUT2D eigenvalue weighted by Gasteiger charge is -2.02. The third-order valence-electron chi connectivity index (χ3n) is 2.57. The SMILES string of the molecule is CCOCC(=O)c1ccc(-c2noc(C(F)(F)Cl)n2)cc1. The molecule has 0 saturated carbocycles. The van der Waals surface area contributed by atoms with Gasteiger partial charge in [-0.3, -0.25) is 4.79 Å². The molecule has 0 N–H and O–H groups in total. The number of aromatic nitrogens is 2. The zero-order valence-electron chi connectivity index (χ0n) is 11.0. The Morgan fingerprint density at radius 1 is 1.38 bits per heavy atom. The second-order valence-electron chi connectivity index (χ2n) is 4.06. The van der Waals surface area contributed by atoms with E-state index < -0.39 is 11.3 Å². The summed E-state index contributed by atoms with van der Waals surface area (Å²) in [5.41, 5.74) is 0.873. The minimum Gasteiger partial charge on any atom is -0.374 e. The molecule has 5 nitrogen and oxygen atoms in total. The van der Waals surface area contributed by atoms with E-state index in [1.807, 2.05) is 0 Å². The molecule has 0 aliphatic rings. The lowest BCUT2D eigenvalue weighted by atomic mass is 10.1. The number of carbonyl (C=O) groups is 1. The summed E-state index contributed by atoms with van der Waals surface area (Å²) < 4.78 is 35.0. The van der Waals surface area contributed by atoms with E-state index in [0.717, 1.165) is 0 Å². The fraction of sp³-hybridized carbons (Fsp3) is 0.308. The third kappa shape index (κ3) is 3.83. The van der Waals surface area contributed by atoms with E-state index in [2.05, 4.69) is 14.7 Å². The summed E-state index contributed by atoms with van der Waals surface area (Å²) in [7, 11) is 0. The molecule has 0 aliphatic heterocycles. The highest BCUT2D eigenvalue weighted by Crippen LogP contribution is 2.32. The van der Waals surface area contributed by atoms with Crippen molar-refractivity contribution in [1.82, 2.24) is 10.1 Å². The predicted octanol–water partition coefficient (Wildman–Crippen LogP) is 3.24. The van der Waals surface area contributed by atoms with Crippen LogP contribution in [0.2, 0.25) is 0 Å². The molecule has 1 aromatic carbocycles. The number of benzene rings is 1. The number of carbonyl (C=O) groups excluding carboxylic acids is 1. The molecular weight excluding hydrogens is 306 g/mol. The molecule has 8 heteroatoms. The van der Waals surface area contributed by atoms with E-state index in [-0.39, 0.29) is 18.2 Å². The van der Waals surface area contributed by atoms with Crippen LogP contribution in [0, 0.1) is 0 Å². The van der Waals surface area contributed by atoms with Crippen molar-refractivity contribution >= 4 is 17.4 Å². The van der Waals surface area contributed by atoms with E-state index in [4.69, 9.17) is 16.3 Å². The summed E-state index contributed by atoms with van der Waals surface area (Å²) in [5.74, 6) is -1.19. The van der Waals surface area contributed by atoms with E-state index in [1.54, 1.807) is 6.92 Å². The first-order valence-electron chi connectivity index (χ1n) is 6.04. The van der Waals surface area contributed by atoms with Crippen LogP contribution in [0.4, 0.5) is 8.78 Å². The van der Waals surface area contributed by atoms with Crippen LogP contribution in [-0.4, -0.2) is 29.1 Å². The van der Waals surface area contributed by atoms with Crippen molar-refractivity contribution < 1.29 is 22.8 Å². The van der Waals surface area contributed by atoms with Crippen LogP contribution in [0.5, 0.6) is 0 Å². The van der Waals surface area contributed by atoms with E-state index in [9.17, 15) is 13.6 Å². The first kappa shape index (κ1) is 15.5. The largest absolute Gasteiger partial charge is 0.400 e. The van der Waals surface area contributed by atoms with Crippen LogP contribution in [-0.2, 0) is 10.1 Å². The van der Waals surface area contributed by atoms with Crippen molar-refractivity contribution in [3.8, 4) is 11.4 Å². The van der Waals surface area contributed by atoms with Gasteiger partial charge >= 0.3 is 11.3 Å². The average molecular weight is 317 g/mol. The standard InChI is InChI=1S/C13H11ClF2N2O3/c1-2-20-7-10(19)8-3-5-9(6-4-8)11-17-12(21-18-11)13(14,15)16/h3-6H,2,7H2,1H3. The quantitative estimate of drug-likeness (QED) is 0.604. The fourth-order valence-electron chi connectivity index (χ4n) is 1.54. The van der Waals surface area contributed by atoms with E-state index in [0.29, 0.717) is 17.7 Å². The molecule has 2 aromatic rings. The van der Waals surface area contributed by atoms with Crippen molar-refractivity contribution in [3.05, 3.63) is 35.7 Å². The normalized spacial score (nSPS) is 11.6. The number of Topliss-reactive ketones (excluding diaryl/α,β-unsaturated/α-hetero) is 1. The minimum atomic E-state index is -3.71. The van der Waals surface area contributed by atoms with Crippen LogP contribution >= 0.6 is 11.6 Å². The Morgan fingerprint density at radius 2 is 2.05 bits per heavy atom. The highest BCUT2D eigenvalue weighted by atomic mass is 35.5. The minimum absolute atomic E-state index is 0.0132. The van der Waals surface area contributed by atoms with Gasteiger partial charge in [-0.15, -0.1) is 0 Å². The van der Waals surface area contributed by atoms with Crippen LogP contribution < -0.4 is 0 Å². The second kappa shape index (κ2) is 6.28. The first-order valence-corrected chi connectivity index (χ1v) is 6.42. The molecule has 0 bridgehead atoms. The van der Waals surface area contributed by atoms with E-state index in [1.165, 1.54) is 24.3 Å². The zero-order valence-corrected chi connectivity index (χ0v) is 11.7. The average Bonchev–Trinajstić information content (AvgIpc) is 2.95. The van der Waals surface area contributed by atoms with Crippen LogP contribution in [0.25, 0.3) is 11.4 Å². The summed E-state index contributed by atoms with van der Waals surface area (Å²) in [6, 6.07) is 6.12. The third-order valence-corrected chi connectivity index (χ3v) is 2.73. The fourth-order valence-corrected chi connectivity index (χ4v) is 1.62. The Morgan fingerprint density at radius 3 is 2.57 bits per heavy atom. The van der Waals surface area contributed by atoms with Gasteiger partial charge in [0.1, 0.15) is 6.61 Å². The van der Waals surface area contributed by atoms with Gasteiger partial charge < -0.3 is 9.26 Å². The van der Waals surface area contributed by atoms with Gasteiger partial charge in [0, 0.05) is 17.7 Å². The van der Waals surface area contributed by atoms with Gasteiger partial charge in [-0.1, -0.05) is 29.4 Å². The number of ketones is 1. The van der Waals surface area contributed by atoms with Crippen molar-refractivity contribution in [3.63, 3.8) is 0 Å². The van der Waals surface area contributed by atoms with Crippen molar-refractivity contribution in [2.24, 2.45) is 0 Å². The maximum atomic E-state index is 12.8. The van der Waals surface area contributed by atoms with Gasteiger partial charge in [-0.2, -0.15) is 13.8 Å². The molecule has 1 aromatic heterocycles. The maximum absolute atomic E-state index is 12.8. The maximum Gasteiger partial charge on any atom is 0.400 e. The van der Waals surface area contributed by atoms with Gasteiger partial charge in [0.2, 0.25) is 5.82 Å². The molecule has 21 heavy (non-hydrogen) atoms. The smallest absolute Gasteiger partial charge is 0.374 e. The van der Waals surface area contributed by atoms with Crippen molar-refractivity contribution in [1.29, 1.82) is 0 Å². The highest BCUT2D eigenvalue weighted by Gasteiger charge is 2.35. The summed E-state index contributed by atoms with van der Waals surface area (Å²) in [6.45, 7) is 2.22. The Labute approximate surface area is 123 Å². The Kier molecular flexibility index (Phi) is 4.64. The summed E-state index contributed by atoms with van der Waals surface area (Å²) in [4.78, 5) is 15.2. The highest BCUT2D eigenvalue weighted by molar-refractivity contribution is 6.21. The molecule has 0 spiro atoms. The molecule has 0 unspecified atom stereocenters. The van der Waals surface area contributed by atoms with Gasteiger partial charge in [0.05, 0.1) is 0 Å². The van der Waals surface area contributed by atoms with Crippen LogP contribution in [0.3, 0.4) is 0 Å². The Bertz CT molecular complexity index is 623. The molecule has 0 saturated heterocycles. The van der Waals surface area contributed by atoms with Crippen LogP contribution in [0.15, 0.2) is 28.8 Å². The number of alkyl halides is 3. The second-order valence-corrected chi connectivity index (χ2v) is 4.53. The molecule has 0 aliphatic carbocycles. The first-order chi connectivity index (χ1) is 9.91. The van der Waals surface area contributed by atoms with Gasteiger partial charge in [-0.05, 0) is 18.5 Å².